The highest BCUT2D eigenvalue weighted by Crippen LogP contribution is 2.44. The van der Waals surface area contributed by atoms with E-state index in [1.807, 2.05) is 53.8 Å². The molecule has 4 rings (SSSR count). The summed E-state index contributed by atoms with van der Waals surface area (Å²) < 4.78 is 57.3. The average molecular weight is 417 g/mol. The van der Waals surface area contributed by atoms with Gasteiger partial charge in [-0.2, -0.15) is 13.2 Å². The summed E-state index contributed by atoms with van der Waals surface area (Å²) in [5.41, 5.74) is 1.78. The number of rotatable bonds is 3. The fraction of sp³-hybridized carbons (Fsp3) is 0.136. The fourth-order valence-electron chi connectivity index (χ4n) is 3.62. The summed E-state index contributed by atoms with van der Waals surface area (Å²) in [6.07, 6.45) is -6.04. The van der Waals surface area contributed by atoms with Crippen LogP contribution in [0.2, 0.25) is 0 Å². The van der Waals surface area contributed by atoms with E-state index in [1.165, 1.54) is 0 Å². The zero-order valence-corrected chi connectivity index (χ0v) is 15.3. The molecular formula is C22H15F4NO3. The second-order valence-corrected chi connectivity index (χ2v) is 6.80. The Balaban J connectivity index is 1.52. The first-order valence-corrected chi connectivity index (χ1v) is 8.97. The molecule has 0 saturated carbocycles. The van der Waals surface area contributed by atoms with Gasteiger partial charge >= 0.3 is 12.3 Å². The first-order valence-electron chi connectivity index (χ1n) is 8.97. The second-order valence-electron chi connectivity index (χ2n) is 6.80. The van der Waals surface area contributed by atoms with Crippen LogP contribution in [0, 0.1) is 5.82 Å². The molecule has 0 fully saturated rings. The number of halogens is 4. The first-order chi connectivity index (χ1) is 14.3. The van der Waals surface area contributed by atoms with E-state index in [9.17, 15) is 27.5 Å². The number of benzene rings is 3. The Morgan fingerprint density at radius 2 is 1.57 bits per heavy atom. The molecular weight excluding hydrogens is 402 g/mol. The molecule has 4 nitrogen and oxygen atoms in total. The lowest BCUT2D eigenvalue weighted by atomic mass is 9.98. The highest BCUT2D eigenvalue weighted by molar-refractivity contribution is 5.87. The van der Waals surface area contributed by atoms with Crippen molar-refractivity contribution in [3.05, 3.63) is 83.2 Å². The predicted molar refractivity (Wildman–Crippen MR) is 102 cm³/mol. The number of anilines is 1. The number of aromatic hydroxyl groups is 1. The highest BCUT2D eigenvalue weighted by Gasteiger charge is 2.35. The van der Waals surface area contributed by atoms with Crippen molar-refractivity contribution >= 4 is 11.8 Å². The lowest BCUT2D eigenvalue weighted by molar-refractivity contribution is -0.139. The van der Waals surface area contributed by atoms with Crippen molar-refractivity contribution in [2.24, 2.45) is 0 Å². The van der Waals surface area contributed by atoms with E-state index >= 15 is 0 Å². The fourth-order valence-corrected chi connectivity index (χ4v) is 3.62. The Labute approximate surface area is 168 Å². The van der Waals surface area contributed by atoms with Crippen LogP contribution in [0.15, 0.2) is 60.7 Å². The molecule has 3 aromatic rings. The molecule has 0 aliphatic heterocycles. The second kappa shape index (κ2) is 7.37. The molecule has 0 aromatic heterocycles. The lowest BCUT2D eigenvalue weighted by Crippen LogP contribution is -2.18. The highest BCUT2D eigenvalue weighted by atomic mass is 19.4. The molecule has 30 heavy (non-hydrogen) atoms. The van der Waals surface area contributed by atoms with Crippen LogP contribution in [-0.2, 0) is 10.9 Å². The van der Waals surface area contributed by atoms with Crippen LogP contribution in [0.4, 0.5) is 28.0 Å². The summed E-state index contributed by atoms with van der Waals surface area (Å²) in [7, 11) is 0. The molecule has 0 radical (unpaired) electrons. The van der Waals surface area contributed by atoms with Gasteiger partial charge in [-0.3, -0.25) is 5.32 Å². The van der Waals surface area contributed by atoms with Gasteiger partial charge in [0.05, 0.1) is 11.3 Å². The van der Waals surface area contributed by atoms with Crippen molar-refractivity contribution in [2.45, 2.75) is 12.1 Å². The number of carbonyl (C=O) groups is 1. The number of phenolic OH excluding ortho intramolecular Hbond substituents is 1. The number of ether oxygens (including phenoxy) is 1. The van der Waals surface area contributed by atoms with E-state index in [0.717, 1.165) is 22.3 Å². The monoisotopic (exact) mass is 417 g/mol. The molecule has 2 N–H and O–H groups in total. The van der Waals surface area contributed by atoms with Gasteiger partial charge in [-0.15, -0.1) is 0 Å². The van der Waals surface area contributed by atoms with Crippen LogP contribution in [0.5, 0.6) is 5.75 Å². The van der Waals surface area contributed by atoms with Gasteiger partial charge in [0.2, 0.25) is 0 Å². The van der Waals surface area contributed by atoms with E-state index in [0.29, 0.717) is 12.1 Å². The van der Waals surface area contributed by atoms with Crippen molar-refractivity contribution in [2.75, 3.05) is 11.9 Å². The van der Waals surface area contributed by atoms with Gasteiger partial charge in [-0.1, -0.05) is 48.5 Å². The predicted octanol–water partition coefficient (Wildman–Crippen LogP) is 5.91. The van der Waals surface area contributed by atoms with E-state index in [-0.39, 0.29) is 12.5 Å². The topological polar surface area (TPSA) is 58.6 Å². The van der Waals surface area contributed by atoms with E-state index in [2.05, 4.69) is 0 Å². The van der Waals surface area contributed by atoms with Crippen LogP contribution in [-0.4, -0.2) is 17.8 Å². The summed E-state index contributed by atoms with van der Waals surface area (Å²) >= 11 is 0. The Morgan fingerprint density at radius 1 is 1.00 bits per heavy atom. The molecule has 0 heterocycles. The normalized spacial score (nSPS) is 12.9. The Kier molecular flexibility index (Phi) is 4.85. The molecule has 154 valence electrons. The summed E-state index contributed by atoms with van der Waals surface area (Å²) in [4.78, 5) is 12.2. The number of amides is 1. The van der Waals surface area contributed by atoms with Gasteiger partial charge in [-0.25, -0.2) is 9.18 Å². The van der Waals surface area contributed by atoms with Crippen LogP contribution in [0.1, 0.15) is 22.6 Å². The number of hydrogen-bond acceptors (Lipinski definition) is 3. The Morgan fingerprint density at radius 3 is 2.13 bits per heavy atom. The molecule has 1 aliphatic rings. The standard InChI is InChI=1S/C22H15F4NO3/c23-18-10-20(28)19(9-17(18)22(24,25)26)27-21(29)30-11-16-14-7-3-1-5-12(14)13-6-2-4-8-15(13)16/h1-10,16,28H,11H2,(H,27,29). The molecule has 0 spiro atoms. The third kappa shape index (κ3) is 3.56. The van der Waals surface area contributed by atoms with Gasteiger partial charge in [0.1, 0.15) is 18.2 Å². The summed E-state index contributed by atoms with van der Waals surface area (Å²) in [6.45, 7) is -0.0616. The van der Waals surface area contributed by atoms with E-state index in [4.69, 9.17) is 4.74 Å². The smallest absolute Gasteiger partial charge is 0.419 e. The van der Waals surface area contributed by atoms with Crippen molar-refractivity contribution in [1.29, 1.82) is 0 Å². The van der Waals surface area contributed by atoms with Gasteiger partial charge < -0.3 is 9.84 Å². The number of carbonyl (C=O) groups excluding carboxylic acids is 1. The number of fused-ring (bicyclic) bond motifs is 3. The molecule has 1 aliphatic carbocycles. The number of hydrogen-bond donors (Lipinski definition) is 2. The van der Waals surface area contributed by atoms with Gasteiger partial charge in [0, 0.05) is 12.0 Å². The maximum absolute atomic E-state index is 13.5. The quantitative estimate of drug-likeness (QED) is 0.411. The number of nitrogens with one attached hydrogen (secondary N) is 1. The lowest BCUT2D eigenvalue weighted by Gasteiger charge is -2.16. The molecule has 3 aromatic carbocycles. The summed E-state index contributed by atoms with van der Waals surface area (Å²) in [5.74, 6) is -2.72. The first kappa shape index (κ1) is 19.8. The van der Waals surface area contributed by atoms with Gasteiger partial charge in [0.15, 0.2) is 0 Å². The molecule has 1 amide bonds. The molecule has 8 heteroatoms. The number of phenols is 1. The zero-order chi connectivity index (χ0) is 21.5. The van der Waals surface area contributed by atoms with Gasteiger partial charge in [-0.05, 0) is 28.3 Å². The maximum atomic E-state index is 13.5. The largest absolute Gasteiger partial charge is 0.506 e. The zero-order valence-electron chi connectivity index (χ0n) is 15.3. The number of alkyl halides is 3. The van der Waals surface area contributed by atoms with E-state index in [1.54, 1.807) is 0 Å². The maximum Gasteiger partial charge on any atom is 0.419 e. The van der Waals surface area contributed by atoms with Crippen molar-refractivity contribution in [1.82, 2.24) is 0 Å². The van der Waals surface area contributed by atoms with Crippen LogP contribution >= 0.6 is 0 Å². The SMILES string of the molecule is O=C(Nc1cc(C(F)(F)F)c(F)cc1O)OCC1c2ccccc2-c2ccccc21. The van der Waals surface area contributed by atoms with Crippen molar-refractivity contribution in [3.8, 4) is 16.9 Å². The molecule has 0 unspecified atom stereocenters. The summed E-state index contributed by atoms with van der Waals surface area (Å²) in [6, 6.07) is 15.9. The minimum atomic E-state index is -4.98. The third-order valence-electron chi connectivity index (χ3n) is 4.97. The van der Waals surface area contributed by atoms with Gasteiger partial charge in [0.25, 0.3) is 0 Å². The minimum absolute atomic E-state index is 0.0616. The molecule has 0 atom stereocenters. The summed E-state index contributed by atoms with van der Waals surface area (Å²) in [5, 5.41) is 11.7. The molecule has 0 bridgehead atoms. The average Bonchev–Trinajstić information content (AvgIpc) is 3.01. The van der Waals surface area contributed by atoms with Crippen LogP contribution < -0.4 is 5.32 Å². The van der Waals surface area contributed by atoms with Crippen molar-refractivity contribution < 1.29 is 32.2 Å². The van der Waals surface area contributed by atoms with Crippen LogP contribution in [0.25, 0.3) is 11.1 Å². The van der Waals surface area contributed by atoms with Crippen LogP contribution in [0.3, 0.4) is 0 Å². The Hall–Kier alpha value is -3.55. The minimum Gasteiger partial charge on any atom is -0.506 e. The molecule has 0 saturated heterocycles. The third-order valence-corrected chi connectivity index (χ3v) is 4.97. The van der Waals surface area contributed by atoms with Crippen molar-refractivity contribution in [3.63, 3.8) is 0 Å². The Bertz CT molecular complexity index is 1080. The van der Waals surface area contributed by atoms with E-state index < -0.39 is 35.1 Å².